The van der Waals surface area contributed by atoms with Crippen molar-refractivity contribution in [1.29, 1.82) is 0 Å². The van der Waals surface area contributed by atoms with Crippen LogP contribution in [0.5, 0.6) is 0 Å². The van der Waals surface area contributed by atoms with Gasteiger partial charge in [-0.25, -0.2) is 0 Å². The van der Waals surface area contributed by atoms with Gasteiger partial charge in [0.2, 0.25) is 0 Å². The van der Waals surface area contributed by atoms with E-state index in [0.717, 1.165) is 19.3 Å². The molecule has 3 saturated carbocycles. The maximum Gasteiger partial charge on any atom is 0.303 e. The first-order chi connectivity index (χ1) is 14.3. The molecule has 0 aromatic rings. The summed E-state index contributed by atoms with van der Waals surface area (Å²) in [7, 11) is 0. The predicted molar refractivity (Wildman–Crippen MR) is 114 cm³/mol. The maximum atomic E-state index is 12.8. The second-order valence-corrected chi connectivity index (χ2v) is 11.4. The summed E-state index contributed by atoms with van der Waals surface area (Å²) in [5.41, 5.74) is -2.23. The number of rotatable bonds is 2. The molecule has 4 aliphatic carbocycles. The number of hydrogen-bond donors (Lipinski definition) is 1. The lowest BCUT2D eigenvalue weighted by Gasteiger charge is -2.68. The third-order valence-corrected chi connectivity index (χ3v) is 9.37. The molecule has 4 rings (SSSR count). The molecule has 7 atom stereocenters. The maximum absolute atomic E-state index is 12.8. The molecule has 6 nitrogen and oxygen atoms in total. The fourth-order valence-electron chi connectivity index (χ4n) is 8.22. The minimum Gasteiger partial charge on any atom is -0.462 e. The van der Waals surface area contributed by atoms with Crippen molar-refractivity contribution in [2.75, 3.05) is 0 Å². The summed E-state index contributed by atoms with van der Waals surface area (Å²) >= 11 is 0. The molecule has 6 heteroatoms. The molecule has 0 amide bonds. The zero-order valence-electron chi connectivity index (χ0n) is 19.6. The van der Waals surface area contributed by atoms with Gasteiger partial charge in [-0.2, -0.15) is 0 Å². The van der Waals surface area contributed by atoms with E-state index in [1.165, 1.54) is 13.8 Å². The van der Waals surface area contributed by atoms with Crippen LogP contribution in [0.1, 0.15) is 80.1 Å². The van der Waals surface area contributed by atoms with Crippen molar-refractivity contribution in [2.45, 2.75) is 97.9 Å². The van der Waals surface area contributed by atoms with E-state index in [2.05, 4.69) is 20.8 Å². The first kappa shape index (κ1) is 22.5. The van der Waals surface area contributed by atoms with Crippen molar-refractivity contribution in [3.63, 3.8) is 0 Å². The van der Waals surface area contributed by atoms with Crippen molar-refractivity contribution < 1.29 is 29.0 Å². The van der Waals surface area contributed by atoms with E-state index in [4.69, 9.17) is 9.47 Å². The highest BCUT2D eigenvalue weighted by molar-refractivity contribution is 6.00. The first-order valence-corrected chi connectivity index (χ1v) is 11.6. The molecule has 0 saturated heterocycles. The molecule has 0 spiro atoms. The molecule has 172 valence electrons. The van der Waals surface area contributed by atoms with Crippen molar-refractivity contribution in [2.24, 2.45) is 28.1 Å². The van der Waals surface area contributed by atoms with Gasteiger partial charge in [0.05, 0.1) is 0 Å². The highest BCUT2D eigenvalue weighted by Crippen LogP contribution is 2.71. The van der Waals surface area contributed by atoms with Crippen molar-refractivity contribution in [1.82, 2.24) is 0 Å². The Hall–Kier alpha value is -1.69. The number of carbonyl (C=O) groups excluding carboxylic acids is 3. The van der Waals surface area contributed by atoms with Gasteiger partial charge in [0.1, 0.15) is 17.8 Å². The van der Waals surface area contributed by atoms with Crippen LogP contribution in [0.25, 0.3) is 0 Å². The van der Waals surface area contributed by atoms with Crippen LogP contribution in [0.2, 0.25) is 0 Å². The fourth-order valence-corrected chi connectivity index (χ4v) is 8.22. The minimum absolute atomic E-state index is 0.0195. The molecular weight excluding hydrogens is 396 g/mol. The Morgan fingerprint density at radius 3 is 2.29 bits per heavy atom. The Labute approximate surface area is 184 Å². The van der Waals surface area contributed by atoms with E-state index in [9.17, 15) is 19.5 Å². The topological polar surface area (TPSA) is 89.9 Å². The van der Waals surface area contributed by atoms with Crippen molar-refractivity contribution in [3.8, 4) is 0 Å². The molecule has 0 aromatic carbocycles. The van der Waals surface area contributed by atoms with Crippen LogP contribution in [-0.2, 0) is 23.9 Å². The zero-order valence-corrected chi connectivity index (χ0v) is 19.6. The molecule has 4 aliphatic rings. The fraction of sp³-hybridized carbons (Fsp3) is 0.800. The molecule has 0 bridgehead atoms. The Morgan fingerprint density at radius 1 is 1.03 bits per heavy atom. The Balaban J connectivity index is 1.97. The van der Waals surface area contributed by atoms with E-state index in [-0.39, 0.29) is 34.9 Å². The summed E-state index contributed by atoms with van der Waals surface area (Å²) in [5.74, 6) is -0.964. The third kappa shape index (κ3) is 2.96. The summed E-state index contributed by atoms with van der Waals surface area (Å²) < 4.78 is 11.8. The van der Waals surface area contributed by atoms with Crippen molar-refractivity contribution in [3.05, 3.63) is 11.6 Å². The van der Waals surface area contributed by atoms with Gasteiger partial charge in [0.25, 0.3) is 0 Å². The molecular formula is C25H36O6. The Bertz CT molecular complexity index is 858. The lowest BCUT2D eigenvalue weighted by Crippen LogP contribution is -2.72. The van der Waals surface area contributed by atoms with E-state index in [1.807, 2.05) is 6.92 Å². The second-order valence-electron chi connectivity index (χ2n) is 11.4. The van der Waals surface area contributed by atoms with Crippen LogP contribution in [0.15, 0.2) is 11.6 Å². The van der Waals surface area contributed by atoms with Gasteiger partial charge in [-0.15, -0.1) is 0 Å². The summed E-state index contributed by atoms with van der Waals surface area (Å²) in [6.45, 7) is 11.5. The van der Waals surface area contributed by atoms with Crippen LogP contribution in [0, 0.1) is 28.1 Å². The highest BCUT2D eigenvalue weighted by Gasteiger charge is 2.74. The summed E-state index contributed by atoms with van der Waals surface area (Å²) in [6, 6.07) is 0. The SMILES string of the molecule is CC(=O)OC1C=C2C(=O)CCC2(O)C2(C)C(OC(C)=O)CC3C(C)(C)CCCC3(C)C12. The molecule has 0 radical (unpaired) electrons. The van der Waals surface area contributed by atoms with Crippen molar-refractivity contribution >= 4 is 17.7 Å². The van der Waals surface area contributed by atoms with Gasteiger partial charge in [0.15, 0.2) is 5.78 Å². The monoisotopic (exact) mass is 432 g/mol. The number of aliphatic hydroxyl groups is 1. The molecule has 7 unspecified atom stereocenters. The standard InChI is InChI=1S/C25H36O6/c1-14(26)30-18-12-16-17(28)8-11-25(16,29)24(6)20(31-15(2)27)13-19-22(3,4)9-7-10-23(19,5)21(18)24/h12,18-21,29H,7-11,13H2,1-6H3. The van der Waals surface area contributed by atoms with E-state index in [1.54, 1.807) is 6.08 Å². The van der Waals surface area contributed by atoms with E-state index >= 15 is 0 Å². The summed E-state index contributed by atoms with van der Waals surface area (Å²) in [6.07, 6.45) is 4.75. The van der Waals surface area contributed by atoms with E-state index in [0.29, 0.717) is 18.4 Å². The van der Waals surface area contributed by atoms with Crippen LogP contribution < -0.4 is 0 Å². The average Bonchev–Trinajstić information content (AvgIpc) is 2.92. The van der Waals surface area contributed by atoms with Gasteiger partial charge in [-0.1, -0.05) is 34.1 Å². The van der Waals surface area contributed by atoms with Gasteiger partial charge in [-0.3, -0.25) is 14.4 Å². The van der Waals surface area contributed by atoms with Gasteiger partial charge in [0, 0.05) is 37.2 Å². The highest BCUT2D eigenvalue weighted by atomic mass is 16.6. The number of ether oxygens (including phenoxy) is 2. The lowest BCUT2D eigenvalue weighted by atomic mass is 9.37. The molecule has 3 fully saturated rings. The molecule has 0 aromatic heterocycles. The first-order valence-electron chi connectivity index (χ1n) is 11.6. The van der Waals surface area contributed by atoms with Crippen LogP contribution in [-0.4, -0.2) is 40.6 Å². The van der Waals surface area contributed by atoms with Crippen LogP contribution in [0.4, 0.5) is 0 Å². The average molecular weight is 433 g/mol. The summed E-state index contributed by atoms with van der Waals surface area (Å²) in [4.78, 5) is 37.1. The number of ketones is 1. The Morgan fingerprint density at radius 2 is 1.68 bits per heavy atom. The molecule has 1 N–H and O–H groups in total. The third-order valence-electron chi connectivity index (χ3n) is 9.37. The normalized spacial score (nSPS) is 45.6. The number of carbonyl (C=O) groups is 3. The number of fused-ring (bicyclic) bond motifs is 5. The van der Waals surface area contributed by atoms with Gasteiger partial charge >= 0.3 is 11.9 Å². The second kappa shape index (κ2) is 6.90. The smallest absolute Gasteiger partial charge is 0.303 e. The quantitative estimate of drug-likeness (QED) is 0.669. The lowest BCUT2D eigenvalue weighted by molar-refractivity contribution is -0.266. The van der Waals surface area contributed by atoms with Gasteiger partial charge in [-0.05, 0) is 48.5 Å². The van der Waals surface area contributed by atoms with Crippen LogP contribution >= 0.6 is 0 Å². The number of esters is 2. The largest absolute Gasteiger partial charge is 0.462 e. The molecule has 31 heavy (non-hydrogen) atoms. The zero-order chi connectivity index (χ0) is 23.0. The minimum atomic E-state index is -1.40. The Kier molecular flexibility index (Phi) is 5.01. The number of hydrogen-bond acceptors (Lipinski definition) is 6. The number of Topliss-reactive ketones (excluding diaryl/α,β-unsaturated/α-hetero) is 1. The predicted octanol–water partition coefficient (Wildman–Crippen LogP) is 3.74. The van der Waals surface area contributed by atoms with Gasteiger partial charge < -0.3 is 14.6 Å². The van der Waals surface area contributed by atoms with E-state index < -0.39 is 35.2 Å². The summed E-state index contributed by atoms with van der Waals surface area (Å²) in [5, 5.41) is 12.1. The van der Waals surface area contributed by atoms with Crippen LogP contribution in [0.3, 0.4) is 0 Å². The molecule has 0 aliphatic heterocycles. The molecule has 0 heterocycles.